The number of aromatic nitrogens is 3. The molecular formula is C20H20N6O4S2. The first-order valence-electron chi connectivity index (χ1n) is 9.85. The topological polar surface area (TPSA) is 123 Å². The highest BCUT2D eigenvalue weighted by molar-refractivity contribution is 7.99. The van der Waals surface area contributed by atoms with Crippen molar-refractivity contribution < 1.29 is 14.5 Å². The van der Waals surface area contributed by atoms with E-state index in [1.54, 1.807) is 40.1 Å². The highest BCUT2D eigenvalue weighted by Crippen LogP contribution is 2.34. The van der Waals surface area contributed by atoms with E-state index >= 15 is 0 Å². The highest BCUT2D eigenvalue weighted by atomic mass is 32.2. The predicted octanol–water partition coefficient (Wildman–Crippen LogP) is 2.97. The van der Waals surface area contributed by atoms with Crippen LogP contribution in [0.25, 0.3) is 0 Å². The maximum atomic E-state index is 13.0. The number of piperidine rings is 1. The van der Waals surface area contributed by atoms with Crippen molar-refractivity contribution in [3.63, 3.8) is 0 Å². The van der Waals surface area contributed by atoms with Crippen LogP contribution in [0.1, 0.15) is 33.6 Å². The van der Waals surface area contributed by atoms with Crippen LogP contribution >= 0.6 is 23.1 Å². The number of likely N-dealkylation sites (tertiary alicyclic amines) is 1. The minimum Gasteiger partial charge on any atom is -0.349 e. The fourth-order valence-corrected chi connectivity index (χ4v) is 4.90. The van der Waals surface area contributed by atoms with E-state index in [4.69, 9.17) is 0 Å². The fourth-order valence-electron chi connectivity index (χ4n) is 3.41. The van der Waals surface area contributed by atoms with Gasteiger partial charge in [0.05, 0.1) is 9.82 Å². The van der Waals surface area contributed by atoms with Crippen molar-refractivity contribution in [3.05, 3.63) is 62.6 Å². The van der Waals surface area contributed by atoms with Crippen molar-refractivity contribution in [2.75, 3.05) is 13.1 Å². The average molecular weight is 473 g/mol. The molecule has 0 spiro atoms. The van der Waals surface area contributed by atoms with Gasteiger partial charge in [-0.2, -0.15) is 11.3 Å². The highest BCUT2D eigenvalue weighted by Gasteiger charge is 2.27. The summed E-state index contributed by atoms with van der Waals surface area (Å²) < 4.78 is 1.66. The Hall–Kier alpha value is -3.25. The second-order valence-corrected chi connectivity index (χ2v) is 9.11. The Balaban J connectivity index is 1.41. The van der Waals surface area contributed by atoms with Gasteiger partial charge in [-0.3, -0.25) is 19.7 Å². The molecule has 0 atom stereocenters. The molecule has 1 fully saturated rings. The predicted molar refractivity (Wildman–Crippen MR) is 119 cm³/mol. The fraction of sp³-hybridized carbons (Fsp3) is 0.300. The number of hydrogen-bond donors (Lipinski definition) is 1. The zero-order chi connectivity index (χ0) is 22.7. The van der Waals surface area contributed by atoms with Crippen LogP contribution in [0.15, 0.2) is 51.4 Å². The van der Waals surface area contributed by atoms with Crippen LogP contribution in [0.5, 0.6) is 0 Å². The molecule has 0 saturated carbocycles. The second kappa shape index (κ2) is 9.49. The summed E-state index contributed by atoms with van der Waals surface area (Å²) in [7, 11) is 1.75. The summed E-state index contributed by atoms with van der Waals surface area (Å²) in [5.41, 5.74) is 0.752. The molecule has 32 heavy (non-hydrogen) atoms. The van der Waals surface area contributed by atoms with Crippen LogP contribution < -0.4 is 5.32 Å². The molecule has 1 saturated heterocycles. The number of nitro benzene ring substituents is 1. The molecule has 2 aromatic heterocycles. The second-order valence-electron chi connectivity index (χ2n) is 7.32. The summed E-state index contributed by atoms with van der Waals surface area (Å²) >= 11 is 2.59. The van der Waals surface area contributed by atoms with Gasteiger partial charge in [-0.15, -0.1) is 10.2 Å². The summed E-state index contributed by atoms with van der Waals surface area (Å²) in [5.74, 6) is -0.367. The molecule has 12 heteroatoms. The van der Waals surface area contributed by atoms with Gasteiger partial charge < -0.3 is 14.8 Å². The minimum atomic E-state index is -0.498. The van der Waals surface area contributed by atoms with Crippen LogP contribution in [0.4, 0.5) is 5.69 Å². The SMILES string of the molecule is Cn1cnnc1Sc1ccc(C(=O)N2CCC(NC(=O)c3ccsc3)CC2)cc1[N+](=O)[O-]. The first-order valence-corrected chi connectivity index (χ1v) is 11.6. The first kappa shape index (κ1) is 22.0. The third-order valence-corrected chi connectivity index (χ3v) is 6.98. The molecule has 2 amide bonds. The van der Waals surface area contributed by atoms with Crippen LogP contribution in [-0.4, -0.2) is 55.5 Å². The van der Waals surface area contributed by atoms with Crippen LogP contribution in [0.3, 0.4) is 0 Å². The van der Waals surface area contributed by atoms with E-state index in [1.807, 2.05) is 5.38 Å². The number of nitrogens with zero attached hydrogens (tertiary/aromatic N) is 5. The van der Waals surface area contributed by atoms with Gasteiger partial charge in [-0.05, 0) is 48.2 Å². The smallest absolute Gasteiger partial charge is 0.284 e. The molecule has 0 unspecified atom stereocenters. The molecule has 1 aliphatic rings. The van der Waals surface area contributed by atoms with Crippen LogP contribution in [-0.2, 0) is 7.05 Å². The number of carbonyl (C=O) groups is 2. The van der Waals surface area contributed by atoms with Crippen molar-refractivity contribution in [1.29, 1.82) is 0 Å². The molecule has 1 N–H and O–H groups in total. The molecule has 3 aromatic rings. The van der Waals surface area contributed by atoms with Gasteiger partial charge in [0.25, 0.3) is 17.5 Å². The maximum absolute atomic E-state index is 13.0. The van der Waals surface area contributed by atoms with Gasteiger partial charge >= 0.3 is 0 Å². The molecule has 0 bridgehead atoms. The van der Waals surface area contributed by atoms with E-state index in [2.05, 4.69) is 15.5 Å². The maximum Gasteiger partial charge on any atom is 0.284 e. The molecule has 3 heterocycles. The molecule has 4 rings (SSSR count). The van der Waals surface area contributed by atoms with E-state index in [0.29, 0.717) is 41.5 Å². The number of rotatable bonds is 6. The first-order chi connectivity index (χ1) is 15.4. The molecule has 1 aromatic carbocycles. The summed E-state index contributed by atoms with van der Waals surface area (Å²) in [6.07, 6.45) is 2.77. The normalized spacial score (nSPS) is 14.3. The van der Waals surface area contributed by atoms with Crippen LogP contribution in [0.2, 0.25) is 0 Å². The number of carbonyl (C=O) groups excluding carboxylic acids is 2. The van der Waals surface area contributed by atoms with E-state index in [1.165, 1.54) is 23.7 Å². The standard InChI is InChI=1S/C20H20N6O4S2/c1-24-12-21-23-20(24)32-17-3-2-13(10-16(17)26(29)30)19(28)25-7-4-15(5-8-25)22-18(27)14-6-9-31-11-14/h2-3,6,9-12,15H,4-5,7-8H2,1H3,(H,22,27). The summed E-state index contributed by atoms with van der Waals surface area (Å²) in [4.78, 5) is 38.3. The van der Waals surface area contributed by atoms with E-state index in [9.17, 15) is 19.7 Å². The molecule has 166 valence electrons. The quantitative estimate of drug-likeness (QED) is 0.432. The summed E-state index contributed by atoms with van der Waals surface area (Å²) in [5, 5.41) is 26.5. The van der Waals surface area contributed by atoms with Crippen molar-refractivity contribution in [3.8, 4) is 0 Å². The number of thiophene rings is 1. The summed E-state index contributed by atoms with van der Waals surface area (Å²) in [6.45, 7) is 0.938. The lowest BCUT2D eigenvalue weighted by Crippen LogP contribution is -2.46. The van der Waals surface area contributed by atoms with Gasteiger partial charge in [0, 0.05) is 48.8 Å². The van der Waals surface area contributed by atoms with E-state index < -0.39 is 4.92 Å². The zero-order valence-electron chi connectivity index (χ0n) is 17.1. The zero-order valence-corrected chi connectivity index (χ0v) is 18.8. The number of nitro groups is 1. The largest absolute Gasteiger partial charge is 0.349 e. The Morgan fingerprint density at radius 1 is 1.25 bits per heavy atom. The van der Waals surface area contributed by atoms with Gasteiger partial charge in [0.2, 0.25) is 0 Å². The lowest BCUT2D eigenvalue weighted by atomic mass is 10.0. The molecule has 0 radical (unpaired) electrons. The van der Waals surface area contributed by atoms with Crippen LogP contribution in [0, 0.1) is 10.1 Å². The number of amides is 2. The monoisotopic (exact) mass is 472 g/mol. The Morgan fingerprint density at radius 3 is 2.66 bits per heavy atom. The Morgan fingerprint density at radius 2 is 2.03 bits per heavy atom. The minimum absolute atomic E-state index is 0.00837. The van der Waals surface area contributed by atoms with Gasteiger partial charge in [-0.25, -0.2) is 0 Å². The number of benzene rings is 1. The molecule has 0 aliphatic carbocycles. The van der Waals surface area contributed by atoms with Crippen molar-refractivity contribution in [1.82, 2.24) is 25.0 Å². The number of aryl methyl sites for hydroxylation is 1. The Bertz CT molecular complexity index is 1140. The summed E-state index contributed by atoms with van der Waals surface area (Å²) in [6, 6.07) is 6.24. The lowest BCUT2D eigenvalue weighted by molar-refractivity contribution is -0.387. The van der Waals surface area contributed by atoms with Crippen molar-refractivity contribution in [2.45, 2.75) is 28.9 Å². The molecule has 10 nitrogen and oxygen atoms in total. The van der Waals surface area contributed by atoms with E-state index in [-0.39, 0.29) is 29.1 Å². The van der Waals surface area contributed by atoms with Crippen molar-refractivity contribution in [2.24, 2.45) is 7.05 Å². The third-order valence-electron chi connectivity index (χ3n) is 5.17. The Kier molecular flexibility index (Phi) is 6.51. The van der Waals surface area contributed by atoms with Gasteiger partial charge in [0.15, 0.2) is 5.16 Å². The van der Waals surface area contributed by atoms with Gasteiger partial charge in [-0.1, -0.05) is 0 Å². The number of nitrogens with one attached hydrogen (secondary N) is 1. The van der Waals surface area contributed by atoms with Crippen molar-refractivity contribution >= 4 is 40.6 Å². The van der Waals surface area contributed by atoms with E-state index in [0.717, 1.165) is 11.8 Å². The average Bonchev–Trinajstić information content (AvgIpc) is 3.46. The number of hydrogen-bond acceptors (Lipinski definition) is 8. The Labute approximate surface area is 191 Å². The lowest BCUT2D eigenvalue weighted by Gasteiger charge is -2.32. The molecular weight excluding hydrogens is 452 g/mol. The molecule has 1 aliphatic heterocycles. The van der Waals surface area contributed by atoms with Gasteiger partial charge in [0.1, 0.15) is 6.33 Å². The third kappa shape index (κ3) is 4.81.